The van der Waals surface area contributed by atoms with E-state index in [1.54, 1.807) is 0 Å². The highest BCUT2D eigenvalue weighted by atomic mass is 32.1. The van der Waals surface area contributed by atoms with E-state index in [-0.39, 0.29) is 11.8 Å². The molecule has 0 bridgehead atoms. The minimum atomic E-state index is 0.0654. The van der Waals surface area contributed by atoms with Crippen LogP contribution in [0.15, 0.2) is 0 Å². The van der Waals surface area contributed by atoms with Crippen LogP contribution < -0.4 is 10.6 Å². The fourth-order valence-corrected chi connectivity index (χ4v) is 1.33. The molecule has 1 atom stereocenters. The molecular formula is C7H12N2OS. The minimum absolute atomic E-state index is 0.0654. The molecule has 1 heterocycles. The van der Waals surface area contributed by atoms with Crippen LogP contribution in [0.5, 0.6) is 0 Å². The number of hydrogen-bond acceptors (Lipinski definition) is 2. The lowest BCUT2D eigenvalue weighted by molar-refractivity contribution is -0.124. The molecule has 0 aliphatic carbocycles. The van der Waals surface area contributed by atoms with Crippen LogP contribution in [0.3, 0.4) is 0 Å². The molecule has 0 radical (unpaired) electrons. The lowest BCUT2D eigenvalue weighted by Gasteiger charge is -2.23. The summed E-state index contributed by atoms with van der Waals surface area (Å²) < 4.78 is 0. The van der Waals surface area contributed by atoms with E-state index in [9.17, 15) is 4.79 Å². The third-order valence-corrected chi connectivity index (χ3v) is 2.00. The molecule has 1 unspecified atom stereocenters. The molecule has 4 heteroatoms. The predicted octanol–water partition coefficient (Wildman–Crippen LogP) is 0.407. The second-order valence-corrected chi connectivity index (χ2v) is 3.09. The van der Waals surface area contributed by atoms with E-state index in [4.69, 9.17) is 12.2 Å². The molecule has 0 aromatic heterocycles. The number of hydrogen-bond donors (Lipinski definition) is 2. The molecule has 1 aliphatic rings. The summed E-state index contributed by atoms with van der Waals surface area (Å²) in [6.07, 6.45) is 1.97. The summed E-state index contributed by atoms with van der Waals surface area (Å²) in [6.45, 7) is 2.76. The summed E-state index contributed by atoms with van der Waals surface area (Å²) in [5, 5.41) is 6.00. The van der Waals surface area contributed by atoms with Gasteiger partial charge in [0.25, 0.3) is 0 Å². The van der Waals surface area contributed by atoms with Gasteiger partial charge < -0.3 is 10.6 Å². The Balaban J connectivity index is 2.44. The maximum Gasteiger partial charge on any atom is 0.231 e. The first-order chi connectivity index (χ1) is 5.24. The first-order valence-electron chi connectivity index (χ1n) is 3.82. The fourth-order valence-electron chi connectivity index (χ4n) is 1.15. The molecule has 1 amide bonds. The van der Waals surface area contributed by atoms with Gasteiger partial charge in [-0.1, -0.05) is 13.3 Å². The fraction of sp³-hybridized carbons (Fsp3) is 0.714. The van der Waals surface area contributed by atoms with Crippen molar-refractivity contribution in [3.05, 3.63) is 0 Å². The number of carbonyl (C=O) groups excluding carboxylic acids is 1. The van der Waals surface area contributed by atoms with Crippen molar-refractivity contribution in [2.45, 2.75) is 19.8 Å². The average Bonchev–Trinajstić information content (AvgIpc) is 1.95. The van der Waals surface area contributed by atoms with E-state index in [2.05, 4.69) is 17.6 Å². The summed E-state index contributed by atoms with van der Waals surface area (Å²) in [5.41, 5.74) is 0. The van der Waals surface area contributed by atoms with Gasteiger partial charge in [0.05, 0.1) is 5.92 Å². The normalized spacial score (nSPS) is 24.3. The Morgan fingerprint density at radius 1 is 1.73 bits per heavy atom. The van der Waals surface area contributed by atoms with Crippen LogP contribution in [0, 0.1) is 5.92 Å². The number of thiocarbonyl (C=S) groups is 1. The first kappa shape index (κ1) is 8.46. The predicted molar refractivity (Wildman–Crippen MR) is 47.1 cm³/mol. The SMILES string of the molecule is CCCC1CNC(=S)NC1=O. The van der Waals surface area contributed by atoms with Crippen molar-refractivity contribution in [2.24, 2.45) is 5.92 Å². The van der Waals surface area contributed by atoms with Gasteiger partial charge in [0.2, 0.25) is 5.91 Å². The van der Waals surface area contributed by atoms with Crippen LogP contribution in [0.4, 0.5) is 0 Å². The second-order valence-electron chi connectivity index (χ2n) is 2.68. The van der Waals surface area contributed by atoms with Crippen molar-refractivity contribution >= 4 is 23.2 Å². The van der Waals surface area contributed by atoms with E-state index in [0.29, 0.717) is 11.7 Å². The van der Waals surface area contributed by atoms with Crippen molar-refractivity contribution in [3.63, 3.8) is 0 Å². The third-order valence-electron chi connectivity index (χ3n) is 1.75. The highest BCUT2D eigenvalue weighted by Crippen LogP contribution is 2.07. The van der Waals surface area contributed by atoms with Gasteiger partial charge in [0.1, 0.15) is 0 Å². The topological polar surface area (TPSA) is 41.1 Å². The zero-order valence-electron chi connectivity index (χ0n) is 6.52. The second kappa shape index (κ2) is 3.67. The Morgan fingerprint density at radius 2 is 2.45 bits per heavy atom. The Morgan fingerprint density at radius 3 is 3.00 bits per heavy atom. The molecule has 1 aliphatic heterocycles. The Bertz CT molecular complexity index is 181. The third kappa shape index (κ3) is 2.15. The van der Waals surface area contributed by atoms with Crippen LogP contribution in [0.2, 0.25) is 0 Å². The monoisotopic (exact) mass is 172 g/mol. The zero-order valence-corrected chi connectivity index (χ0v) is 7.33. The molecule has 1 saturated heterocycles. The van der Waals surface area contributed by atoms with Crippen molar-refractivity contribution < 1.29 is 4.79 Å². The van der Waals surface area contributed by atoms with Crippen LogP contribution >= 0.6 is 12.2 Å². The van der Waals surface area contributed by atoms with Crippen LogP contribution in [0.1, 0.15) is 19.8 Å². The molecule has 62 valence electrons. The maximum atomic E-state index is 11.2. The van der Waals surface area contributed by atoms with Gasteiger partial charge in [0.15, 0.2) is 5.11 Å². The highest BCUT2D eigenvalue weighted by Gasteiger charge is 2.22. The summed E-state index contributed by atoms with van der Waals surface area (Å²) in [4.78, 5) is 11.2. The van der Waals surface area contributed by atoms with E-state index < -0.39 is 0 Å². The van der Waals surface area contributed by atoms with Gasteiger partial charge in [-0.15, -0.1) is 0 Å². The van der Waals surface area contributed by atoms with Crippen LogP contribution in [0.25, 0.3) is 0 Å². The minimum Gasteiger partial charge on any atom is -0.362 e. The molecule has 0 saturated carbocycles. The molecule has 11 heavy (non-hydrogen) atoms. The number of carbonyl (C=O) groups is 1. The Kier molecular flexibility index (Phi) is 2.82. The standard InChI is InChI=1S/C7H12N2OS/c1-2-3-5-4-8-7(11)9-6(5)10/h5H,2-4H2,1H3,(H2,8,9,10,11). The smallest absolute Gasteiger partial charge is 0.231 e. The molecular weight excluding hydrogens is 160 g/mol. The lowest BCUT2D eigenvalue weighted by atomic mass is 10.0. The van der Waals surface area contributed by atoms with Crippen molar-refractivity contribution in [2.75, 3.05) is 6.54 Å². The molecule has 1 fully saturated rings. The molecule has 3 nitrogen and oxygen atoms in total. The Hall–Kier alpha value is -0.640. The molecule has 0 aromatic carbocycles. The summed E-state index contributed by atoms with van der Waals surface area (Å²) >= 11 is 4.78. The van der Waals surface area contributed by atoms with Gasteiger partial charge in [-0.05, 0) is 18.6 Å². The summed E-state index contributed by atoms with van der Waals surface area (Å²) in [7, 11) is 0. The lowest BCUT2D eigenvalue weighted by Crippen LogP contribution is -2.51. The number of rotatable bonds is 2. The quantitative estimate of drug-likeness (QED) is 0.593. The van der Waals surface area contributed by atoms with E-state index in [1.807, 2.05) is 0 Å². The van der Waals surface area contributed by atoms with Gasteiger partial charge in [-0.2, -0.15) is 0 Å². The summed E-state index contributed by atoms with van der Waals surface area (Å²) in [5.74, 6) is 0.169. The van der Waals surface area contributed by atoms with E-state index in [1.165, 1.54) is 0 Å². The molecule has 1 rings (SSSR count). The van der Waals surface area contributed by atoms with Crippen molar-refractivity contribution in [3.8, 4) is 0 Å². The average molecular weight is 172 g/mol. The molecule has 0 spiro atoms. The molecule has 0 aromatic rings. The van der Waals surface area contributed by atoms with Crippen molar-refractivity contribution in [1.82, 2.24) is 10.6 Å². The van der Waals surface area contributed by atoms with Crippen LogP contribution in [-0.4, -0.2) is 17.6 Å². The largest absolute Gasteiger partial charge is 0.362 e. The van der Waals surface area contributed by atoms with Gasteiger partial charge in [-0.3, -0.25) is 4.79 Å². The summed E-state index contributed by atoms with van der Waals surface area (Å²) in [6, 6.07) is 0. The van der Waals surface area contributed by atoms with Gasteiger partial charge in [0, 0.05) is 6.54 Å². The molecule has 2 N–H and O–H groups in total. The van der Waals surface area contributed by atoms with Crippen molar-refractivity contribution in [1.29, 1.82) is 0 Å². The highest BCUT2D eigenvalue weighted by molar-refractivity contribution is 7.80. The van der Waals surface area contributed by atoms with Crippen LogP contribution in [-0.2, 0) is 4.79 Å². The Labute approximate surface area is 71.5 Å². The number of amides is 1. The van der Waals surface area contributed by atoms with Gasteiger partial charge in [-0.25, -0.2) is 0 Å². The first-order valence-corrected chi connectivity index (χ1v) is 4.23. The number of nitrogens with one attached hydrogen (secondary N) is 2. The van der Waals surface area contributed by atoms with E-state index in [0.717, 1.165) is 12.8 Å². The maximum absolute atomic E-state index is 11.2. The zero-order chi connectivity index (χ0) is 8.27. The van der Waals surface area contributed by atoms with E-state index >= 15 is 0 Å². The van der Waals surface area contributed by atoms with Gasteiger partial charge >= 0.3 is 0 Å².